The topological polar surface area (TPSA) is 71.0 Å². The van der Waals surface area contributed by atoms with Crippen molar-refractivity contribution in [1.29, 1.82) is 0 Å². The van der Waals surface area contributed by atoms with Crippen LogP contribution < -0.4 is 5.32 Å². The molecule has 4 atom stereocenters. The molecule has 0 aromatic heterocycles. The van der Waals surface area contributed by atoms with Crippen LogP contribution >= 0.6 is 0 Å². The van der Waals surface area contributed by atoms with E-state index < -0.39 is 53.0 Å². The van der Waals surface area contributed by atoms with Crippen LogP contribution in [0.5, 0.6) is 0 Å². The molecule has 5 rings (SSSR count). The van der Waals surface area contributed by atoms with Gasteiger partial charge in [0.25, 0.3) is 5.91 Å². The largest absolute Gasteiger partial charge is 0.392 e. The molecule has 1 heterocycles. The molecule has 1 amide bonds. The molecule has 2 aliphatic rings. The Hall–Kier alpha value is -3.64. The van der Waals surface area contributed by atoms with Crippen LogP contribution in [0.1, 0.15) is 72.0 Å². The van der Waals surface area contributed by atoms with Crippen LogP contribution in [-0.4, -0.2) is 41.1 Å². The molecule has 3 aromatic rings. The number of amides is 1. The average Bonchev–Trinajstić information content (AvgIpc) is 3.59. The van der Waals surface area contributed by atoms with E-state index >= 15 is 0 Å². The van der Waals surface area contributed by atoms with Gasteiger partial charge in [-0.2, -0.15) is 0 Å². The Morgan fingerprint density at radius 1 is 0.956 bits per heavy atom. The van der Waals surface area contributed by atoms with E-state index in [4.69, 9.17) is 9.47 Å². The standard InChI is InChI=1S/C34H35F5N2O4/c1-3-15-41(24-9-4-5-10-24)17-25-19(2)32(21-13-11-20(18-42)12-14-21)45-34(44-25)22-7-6-8-23(16-22)40-33(43)26-27(35)29(37)31(39)30(38)28(26)36/h3,6-8,11-14,16,19,24-25,32,34,42H,1,4-5,9-10,15,17-18H2,2H3,(H,40,43)/t19-,25+,32+,34+/m0/s1. The highest BCUT2D eigenvalue weighted by atomic mass is 19.2. The molecule has 240 valence electrons. The summed E-state index contributed by atoms with van der Waals surface area (Å²) in [4.78, 5) is 15.1. The predicted octanol–water partition coefficient (Wildman–Crippen LogP) is 7.35. The number of nitrogens with zero attached hydrogens (tertiary/aromatic N) is 1. The molecule has 6 nitrogen and oxygen atoms in total. The fraction of sp³-hybridized carbons (Fsp3) is 0.382. The fourth-order valence-electron chi connectivity index (χ4n) is 6.13. The lowest BCUT2D eigenvalue weighted by Crippen LogP contribution is -2.47. The Morgan fingerprint density at radius 2 is 1.60 bits per heavy atom. The van der Waals surface area contributed by atoms with Crippen LogP contribution in [0.15, 0.2) is 61.2 Å². The van der Waals surface area contributed by atoms with Gasteiger partial charge in [0.1, 0.15) is 5.56 Å². The first-order valence-electron chi connectivity index (χ1n) is 14.9. The predicted molar refractivity (Wildman–Crippen MR) is 158 cm³/mol. The van der Waals surface area contributed by atoms with Crippen LogP contribution in [0.2, 0.25) is 0 Å². The number of hydrogen-bond acceptors (Lipinski definition) is 5. The minimum atomic E-state index is -2.35. The Kier molecular flexibility index (Phi) is 10.3. The number of hydrogen-bond donors (Lipinski definition) is 2. The fourth-order valence-corrected chi connectivity index (χ4v) is 6.13. The molecule has 1 aliphatic carbocycles. The number of halogens is 5. The third-order valence-corrected chi connectivity index (χ3v) is 8.60. The van der Waals surface area contributed by atoms with Crippen molar-refractivity contribution in [2.45, 2.75) is 63.8 Å². The minimum absolute atomic E-state index is 0.0342. The minimum Gasteiger partial charge on any atom is -0.392 e. The zero-order valence-electron chi connectivity index (χ0n) is 24.7. The maximum Gasteiger partial charge on any atom is 0.261 e. The van der Waals surface area contributed by atoms with E-state index in [2.05, 4.69) is 16.8 Å². The van der Waals surface area contributed by atoms with Gasteiger partial charge in [0.15, 0.2) is 29.6 Å². The summed E-state index contributed by atoms with van der Waals surface area (Å²) in [6, 6.07) is 14.0. The number of aliphatic hydroxyl groups excluding tert-OH is 1. The number of benzene rings is 3. The SMILES string of the molecule is C=CCN(C[C@H]1O[C@@H](c2cccc(NC(=O)c3c(F)c(F)c(F)c(F)c3F)c2)O[C@@H](c2ccc(CO)cc2)[C@H]1C)C1CCCC1. The molecule has 2 N–H and O–H groups in total. The maximum absolute atomic E-state index is 14.3. The Bertz CT molecular complexity index is 1500. The maximum atomic E-state index is 14.3. The van der Waals surface area contributed by atoms with Gasteiger partial charge in [-0.15, -0.1) is 6.58 Å². The van der Waals surface area contributed by atoms with Crippen molar-refractivity contribution < 1.29 is 41.3 Å². The lowest BCUT2D eigenvalue weighted by atomic mass is 9.89. The van der Waals surface area contributed by atoms with Crippen molar-refractivity contribution in [3.05, 3.63) is 113 Å². The third-order valence-electron chi connectivity index (χ3n) is 8.60. The van der Waals surface area contributed by atoms with E-state index in [1.807, 2.05) is 37.3 Å². The Morgan fingerprint density at radius 3 is 2.22 bits per heavy atom. The number of anilines is 1. The molecule has 11 heteroatoms. The summed E-state index contributed by atoms with van der Waals surface area (Å²) >= 11 is 0. The summed E-state index contributed by atoms with van der Waals surface area (Å²) in [6.45, 7) is 7.19. The van der Waals surface area contributed by atoms with Crippen LogP contribution in [-0.2, 0) is 16.1 Å². The van der Waals surface area contributed by atoms with Crippen LogP contribution in [0.3, 0.4) is 0 Å². The van der Waals surface area contributed by atoms with Crippen molar-refractivity contribution in [1.82, 2.24) is 4.90 Å². The lowest BCUT2D eigenvalue weighted by molar-refractivity contribution is -0.276. The first kappa shape index (κ1) is 32.7. The summed E-state index contributed by atoms with van der Waals surface area (Å²) in [6.07, 6.45) is 4.75. The van der Waals surface area contributed by atoms with E-state index in [9.17, 15) is 31.9 Å². The molecule has 45 heavy (non-hydrogen) atoms. The highest BCUT2D eigenvalue weighted by Gasteiger charge is 2.40. The Balaban J connectivity index is 1.43. The van der Waals surface area contributed by atoms with Crippen molar-refractivity contribution in [3.63, 3.8) is 0 Å². The lowest BCUT2D eigenvalue weighted by Gasteiger charge is -2.43. The van der Waals surface area contributed by atoms with Gasteiger partial charge in [-0.3, -0.25) is 9.69 Å². The molecular formula is C34H35F5N2O4. The van der Waals surface area contributed by atoms with E-state index in [1.165, 1.54) is 12.1 Å². The van der Waals surface area contributed by atoms with Gasteiger partial charge in [0, 0.05) is 36.3 Å². The molecule has 1 aliphatic heterocycles. The molecule has 1 saturated heterocycles. The van der Waals surface area contributed by atoms with Gasteiger partial charge >= 0.3 is 0 Å². The summed E-state index contributed by atoms with van der Waals surface area (Å²) in [5.41, 5.74) is 0.547. The van der Waals surface area contributed by atoms with Gasteiger partial charge in [0.2, 0.25) is 5.82 Å². The van der Waals surface area contributed by atoms with Gasteiger partial charge in [-0.25, -0.2) is 22.0 Å². The number of aliphatic hydroxyl groups is 1. The summed E-state index contributed by atoms with van der Waals surface area (Å²) < 4.78 is 82.5. The second-order valence-corrected chi connectivity index (χ2v) is 11.5. The summed E-state index contributed by atoms with van der Waals surface area (Å²) in [5, 5.41) is 11.7. The van der Waals surface area contributed by atoms with Crippen LogP contribution in [0.25, 0.3) is 0 Å². The van der Waals surface area contributed by atoms with Crippen molar-refractivity contribution in [3.8, 4) is 0 Å². The highest BCUT2D eigenvalue weighted by molar-refractivity contribution is 6.04. The molecule has 0 unspecified atom stereocenters. The second-order valence-electron chi connectivity index (χ2n) is 11.5. The molecule has 1 saturated carbocycles. The zero-order valence-corrected chi connectivity index (χ0v) is 24.7. The van der Waals surface area contributed by atoms with Gasteiger partial charge in [-0.1, -0.05) is 62.2 Å². The number of rotatable bonds is 10. The number of ether oxygens (including phenoxy) is 2. The molecular weight excluding hydrogens is 595 g/mol. The van der Waals surface area contributed by atoms with E-state index in [-0.39, 0.29) is 24.3 Å². The molecule has 3 aromatic carbocycles. The first-order valence-corrected chi connectivity index (χ1v) is 14.9. The van der Waals surface area contributed by atoms with Crippen molar-refractivity contribution >= 4 is 11.6 Å². The smallest absolute Gasteiger partial charge is 0.261 e. The number of nitrogens with one attached hydrogen (secondary N) is 1. The molecule has 2 fully saturated rings. The summed E-state index contributed by atoms with van der Waals surface area (Å²) in [7, 11) is 0. The van der Waals surface area contributed by atoms with Gasteiger partial charge in [0.05, 0.1) is 18.8 Å². The Labute approximate surface area is 258 Å². The second kappa shape index (κ2) is 14.2. The molecule has 0 radical (unpaired) electrons. The van der Waals surface area contributed by atoms with Crippen molar-refractivity contribution in [2.75, 3.05) is 18.4 Å². The third kappa shape index (κ3) is 6.96. The quantitative estimate of drug-likeness (QED) is 0.106. The van der Waals surface area contributed by atoms with E-state index in [0.29, 0.717) is 24.7 Å². The van der Waals surface area contributed by atoms with Crippen LogP contribution in [0.4, 0.5) is 27.6 Å². The molecule has 0 spiro atoms. The average molecular weight is 631 g/mol. The zero-order chi connectivity index (χ0) is 32.2. The van der Waals surface area contributed by atoms with E-state index in [1.54, 1.807) is 12.1 Å². The number of carbonyl (C=O) groups excluding carboxylic acids is 1. The van der Waals surface area contributed by atoms with Crippen LogP contribution in [0, 0.1) is 35.0 Å². The molecule has 0 bridgehead atoms. The number of carbonyl (C=O) groups is 1. The van der Waals surface area contributed by atoms with E-state index in [0.717, 1.165) is 36.8 Å². The first-order chi connectivity index (χ1) is 21.6. The highest BCUT2D eigenvalue weighted by Crippen LogP contribution is 2.42. The summed E-state index contributed by atoms with van der Waals surface area (Å²) in [5.74, 6) is -12.8. The van der Waals surface area contributed by atoms with Gasteiger partial charge < -0.3 is 19.9 Å². The normalized spacial score (nSPS) is 22.1. The van der Waals surface area contributed by atoms with Crippen molar-refractivity contribution in [2.24, 2.45) is 5.92 Å². The monoisotopic (exact) mass is 630 g/mol. The van der Waals surface area contributed by atoms with Gasteiger partial charge in [-0.05, 0) is 36.1 Å².